The summed E-state index contributed by atoms with van der Waals surface area (Å²) in [6.07, 6.45) is 1.74. The smallest absolute Gasteiger partial charge is 0.125 e. The molecule has 0 spiro atoms. The van der Waals surface area contributed by atoms with Crippen LogP contribution in [-0.2, 0) is 0 Å². The summed E-state index contributed by atoms with van der Waals surface area (Å²) in [5.74, 6) is -0.265. The average molecular weight is 227 g/mol. The van der Waals surface area contributed by atoms with Crippen molar-refractivity contribution in [2.75, 3.05) is 0 Å². The van der Waals surface area contributed by atoms with Crippen molar-refractivity contribution >= 4 is 10.9 Å². The molecule has 84 valence electrons. The zero-order valence-corrected chi connectivity index (χ0v) is 9.24. The van der Waals surface area contributed by atoms with Gasteiger partial charge in [-0.3, -0.25) is 10.1 Å². The Labute approximate surface area is 97.3 Å². The second kappa shape index (κ2) is 3.66. The maximum Gasteiger partial charge on any atom is 0.125 e. The Bertz CT molecular complexity index is 688. The first-order valence-corrected chi connectivity index (χ1v) is 5.31. The number of rotatable bonds is 1. The lowest BCUT2D eigenvalue weighted by atomic mass is 10.1. The first-order chi connectivity index (χ1) is 8.24. The summed E-state index contributed by atoms with van der Waals surface area (Å²) < 4.78 is 13.1. The minimum atomic E-state index is -0.265. The standard InChI is InChI=1S/C13H10FN3/c1-8-6-9(4-5-15-8)13-11-3-2-10(14)7-12(11)16-17-13/h2-7H,1H3,(H,16,17). The molecule has 1 N–H and O–H groups in total. The molecular formula is C13H10FN3. The molecule has 0 radical (unpaired) electrons. The topological polar surface area (TPSA) is 41.6 Å². The monoisotopic (exact) mass is 227 g/mol. The predicted octanol–water partition coefficient (Wildman–Crippen LogP) is 3.07. The summed E-state index contributed by atoms with van der Waals surface area (Å²) in [7, 11) is 0. The molecule has 1 aromatic carbocycles. The van der Waals surface area contributed by atoms with Crippen LogP contribution in [0.3, 0.4) is 0 Å². The van der Waals surface area contributed by atoms with Gasteiger partial charge >= 0.3 is 0 Å². The molecule has 0 aliphatic heterocycles. The number of hydrogen-bond donors (Lipinski definition) is 1. The van der Waals surface area contributed by atoms with Crippen molar-refractivity contribution in [1.29, 1.82) is 0 Å². The van der Waals surface area contributed by atoms with Crippen molar-refractivity contribution in [3.63, 3.8) is 0 Å². The van der Waals surface area contributed by atoms with Gasteiger partial charge in [-0.2, -0.15) is 5.10 Å². The zero-order chi connectivity index (χ0) is 11.8. The lowest BCUT2D eigenvalue weighted by Crippen LogP contribution is -1.83. The van der Waals surface area contributed by atoms with E-state index in [4.69, 9.17) is 0 Å². The minimum Gasteiger partial charge on any atom is -0.277 e. The fourth-order valence-electron chi connectivity index (χ4n) is 1.90. The van der Waals surface area contributed by atoms with E-state index >= 15 is 0 Å². The molecule has 0 aliphatic rings. The molecule has 2 aromatic heterocycles. The van der Waals surface area contributed by atoms with E-state index in [0.29, 0.717) is 5.52 Å². The van der Waals surface area contributed by atoms with Gasteiger partial charge in [0.25, 0.3) is 0 Å². The van der Waals surface area contributed by atoms with E-state index in [-0.39, 0.29) is 5.82 Å². The molecule has 0 saturated heterocycles. The van der Waals surface area contributed by atoms with Gasteiger partial charge in [0.2, 0.25) is 0 Å². The Morgan fingerprint density at radius 2 is 2.06 bits per heavy atom. The first kappa shape index (κ1) is 9.96. The zero-order valence-electron chi connectivity index (χ0n) is 9.24. The highest BCUT2D eigenvalue weighted by Gasteiger charge is 2.08. The van der Waals surface area contributed by atoms with Gasteiger partial charge in [0, 0.05) is 22.8 Å². The molecule has 2 heterocycles. The molecule has 0 amide bonds. The number of aryl methyl sites for hydroxylation is 1. The largest absolute Gasteiger partial charge is 0.277 e. The third-order valence-corrected chi connectivity index (χ3v) is 2.69. The molecule has 4 heteroatoms. The average Bonchev–Trinajstić information content (AvgIpc) is 2.71. The molecule has 3 rings (SSSR count). The first-order valence-electron chi connectivity index (χ1n) is 5.31. The molecule has 0 saturated carbocycles. The molecule has 0 aliphatic carbocycles. The normalized spacial score (nSPS) is 10.9. The Morgan fingerprint density at radius 1 is 1.18 bits per heavy atom. The van der Waals surface area contributed by atoms with Crippen molar-refractivity contribution in [2.45, 2.75) is 6.92 Å². The SMILES string of the molecule is Cc1cc(-c2n[nH]c3cc(F)ccc23)ccn1. The number of halogens is 1. The fourth-order valence-corrected chi connectivity index (χ4v) is 1.90. The van der Waals surface area contributed by atoms with E-state index in [9.17, 15) is 4.39 Å². The van der Waals surface area contributed by atoms with Gasteiger partial charge < -0.3 is 0 Å². The fraction of sp³-hybridized carbons (Fsp3) is 0.0769. The Hall–Kier alpha value is -2.23. The van der Waals surface area contributed by atoms with Gasteiger partial charge in [0.15, 0.2) is 0 Å². The van der Waals surface area contributed by atoms with Crippen LogP contribution in [-0.4, -0.2) is 15.2 Å². The summed E-state index contributed by atoms with van der Waals surface area (Å²) in [5.41, 5.74) is 3.44. The van der Waals surface area contributed by atoms with E-state index in [1.807, 2.05) is 19.1 Å². The van der Waals surface area contributed by atoms with E-state index in [2.05, 4.69) is 15.2 Å². The second-order valence-electron chi connectivity index (χ2n) is 3.95. The number of nitrogens with one attached hydrogen (secondary N) is 1. The summed E-state index contributed by atoms with van der Waals surface area (Å²) >= 11 is 0. The third-order valence-electron chi connectivity index (χ3n) is 2.69. The maximum atomic E-state index is 13.1. The third kappa shape index (κ3) is 1.67. The van der Waals surface area contributed by atoms with Crippen LogP contribution in [0.5, 0.6) is 0 Å². The van der Waals surface area contributed by atoms with E-state index in [0.717, 1.165) is 22.3 Å². The summed E-state index contributed by atoms with van der Waals surface area (Å²) in [6, 6.07) is 8.47. The predicted molar refractivity (Wildman–Crippen MR) is 64.0 cm³/mol. The summed E-state index contributed by atoms with van der Waals surface area (Å²) in [4.78, 5) is 4.15. The van der Waals surface area contributed by atoms with Gasteiger partial charge in [-0.1, -0.05) is 0 Å². The van der Waals surface area contributed by atoms with Crippen LogP contribution in [0, 0.1) is 12.7 Å². The molecule has 17 heavy (non-hydrogen) atoms. The van der Waals surface area contributed by atoms with Crippen molar-refractivity contribution in [2.24, 2.45) is 0 Å². The van der Waals surface area contributed by atoms with Crippen molar-refractivity contribution in [1.82, 2.24) is 15.2 Å². The van der Waals surface area contributed by atoms with Gasteiger partial charge in [0.05, 0.1) is 5.52 Å². The number of aromatic nitrogens is 3. The number of pyridine rings is 1. The van der Waals surface area contributed by atoms with Crippen LogP contribution >= 0.6 is 0 Å². The highest BCUT2D eigenvalue weighted by Crippen LogP contribution is 2.26. The molecule has 3 aromatic rings. The van der Waals surface area contributed by atoms with Crippen molar-refractivity contribution < 1.29 is 4.39 Å². The number of aromatic amines is 1. The number of fused-ring (bicyclic) bond motifs is 1. The maximum absolute atomic E-state index is 13.1. The molecular weight excluding hydrogens is 217 g/mol. The molecule has 0 unspecified atom stereocenters. The van der Waals surface area contributed by atoms with Crippen LogP contribution in [0.15, 0.2) is 36.5 Å². The quantitative estimate of drug-likeness (QED) is 0.694. The van der Waals surface area contributed by atoms with Crippen molar-refractivity contribution in [3.8, 4) is 11.3 Å². The Balaban J connectivity index is 2.24. The number of benzene rings is 1. The molecule has 0 fully saturated rings. The van der Waals surface area contributed by atoms with Gasteiger partial charge in [-0.05, 0) is 37.3 Å². The minimum absolute atomic E-state index is 0.265. The number of H-pyrrole nitrogens is 1. The van der Waals surface area contributed by atoms with Crippen LogP contribution in [0.1, 0.15) is 5.69 Å². The van der Waals surface area contributed by atoms with E-state index in [1.165, 1.54) is 12.1 Å². The van der Waals surface area contributed by atoms with Crippen LogP contribution in [0.2, 0.25) is 0 Å². The Morgan fingerprint density at radius 3 is 2.88 bits per heavy atom. The van der Waals surface area contributed by atoms with Gasteiger partial charge in [-0.15, -0.1) is 0 Å². The molecule has 3 nitrogen and oxygen atoms in total. The Kier molecular flexibility index (Phi) is 2.14. The van der Waals surface area contributed by atoms with Crippen LogP contribution < -0.4 is 0 Å². The van der Waals surface area contributed by atoms with Gasteiger partial charge in [-0.25, -0.2) is 4.39 Å². The lowest BCUT2D eigenvalue weighted by Gasteiger charge is -1.98. The lowest BCUT2D eigenvalue weighted by molar-refractivity contribution is 0.629. The van der Waals surface area contributed by atoms with E-state index in [1.54, 1.807) is 12.3 Å². The van der Waals surface area contributed by atoms with Gasteiger partial charge in [0.1, 0.15) is 11.5 Å². The van der Waals surface area contributed by atoms with Crippen LogP contribution in [0.4, 0.5) is 4.39 Å². The molecule has 0 bridgehead atoms. The summed E-state index contributed by atoms with van der Waals surface area (Å²) in [6.45, 7) is 1.93. The number of nitrogens with zero attached hydrogens (tertiary/aromatic N) is 2. The van der Waals surface area contributed by atoms with E-state index < -0.39 is 0 Å². The summed E-state index contributed by atoms with van der Waals surface area (Å²) in [5, 5.41) is 7.98. The molecule has 0 atom stereocenters. The van der Waals surface area contributed by atoms with Crippen molar-refractivity contribution in [3.05, 3.63) is 48.0 Å². The highest BCUT2D eigenvalue weighted by atomic mass is 19.1. The number of hydrogen-bond acceptors (Lipinski definition) is 2. The second-order valence-corrected chi connectivity index (χ2v) is 3.95. The van der Waals surface area contributed by atoms with Crippen LogP contribution in [0.25, 0.3) is 22.2 Å². The highest BCUT2D eigenvalue weighted by molar-refractivity contribution is 5.92.